The second-order valence-electron chi connectivity index (χ2n) is 14.3. The summed E-state index contributed by atoms with van der Waals surface area (Å²) >= 11 is 0. The predicted octanol–water partition coefficient (Wildman–Crippen LogP) is 13.2. The van der Waals surface area contributed by atoms with Gasteiger partial charge in [-0.05, 0) is 110 Å². The second kappa shape index (κ2) is 12.5. The van der Waals surface area contributed by atoms with Gasteiger partial charge in [-0.15, -0.1) is 0 Å². The second-order valence-corrected chi connectivity index (χ2v) is 14.3. The summed E-state index contributed by atoms with van der Waals surface area (Å²) in [7, 11) is 0. The number of anilines is 3. The monoisotopic (exact) mass is 665 g/mol. The van der Waals surface area contributed by atoms with Crippen LogP contribution in [0.4, 0.5) is 17.1 Å². The number of para-hydroxylation sites is 1. The molecule has 0 radical (unpaired) electrons. The molecule has 0 aromatic heterocycles. The molecular weight excluding hydrogens is 627 g/mol. The third kappa shape index (κ3) is 4.77. The lowest BCUT2D eigenvalue weighted by Crippen LogP contribution is -2.28. The Bertz CT molecular complexity index is 2510. The fraction of sp³-hybridized carbons (Fsp3) is 0.0980. The van der Waals surface area contributed by atoms with Crippen LogP contribution in [0.25, 0.3) is 28.0 Å². The van der Waals surface area contributed by atoms with Gasteiger partial charge in [0, 0.05) is 23.0 Å². The van der Waals surface area contributed by atoms with E-state index in [-0.39, 0.29) is 0 Å². The van der Waals surface area contributed by atoms with E-state index in [9.17, 15) is 0 Å². The normalized spacial score (nSPS) is 16.3. The summed E-state index contributed by atoms with van der Waals surface area (Å²) in [5.41, 5.74) is 15.0. The maximum Gasteiger partial charge on any atom is 0.0714 e. The van der Waals surface area contributed by atoms with Crippen molar-refractivity contribution in [1.82, 2.24) is 0 Å². The third-order valence-electron chi connectivity index (χ3n) is 11.5. The molecule has 1 heteroatoms. The van der Waals surface area contributed by atoms with Gasteiger partial charge in [0.05, 0.1) is 5.41 Å². The predicted molar refractivity (Wildman–Crippen MR) is 219 cm³/mol. The van der Waals surface area contributed by atoms with Gasteiger partial charge in [0.1, 0.15) is 0 Å². The van der Waals surface area contributed by atoms with Crippen LogP contribution in [0.3, 0.4) is 0 Å². The fourth-order valence-corrected chi connectivity index (χ4v) is 9.20. The van der Waals surface area contributed by atoms with Crippen LogP contribution < -0.4 is 4.90 Å². The Kier molecular flexibility index (Phi) is 7.39. The number of fused-ring (bicyclic) bond motifs is 6. The minimum Gasteiger partial charge on any atom is -0.310 e. The molecule has 7 aromatic carbocycles. The average Bonchev–Trinajstić information content (AvgIpc) is 3.52. The highest BCUT2D eigenvalue weighted by Crippen LogP contribution is 2.57. The summed E-state index contributed by atoms with van der Waals surface area (Å²) in [6, 6.07) is 59.2. The number of allylic oxidation sites excluding steroid dienone is 5. The highest BCUT2D eigenvalue weighted by molar-refractivity contribution is 5.97. The molecule has 0 aliphatic heterocycles. The van der Waals surface area contributed by atoms with Gasteiger partial charge in [0.15, 0.2) is 0 Å². The zero-order valence-corrected chi connectivity index (χ0v) is 29.1. The Morgan fingerprint density at radius 3 is 2.08 bits per heavy atom. The highest BCUT2D eigenvalue weighted by Gasteiger charge is 2.46. The quantitative estimate of drug-likeness (QED) is 0.171. The first-order valence-electron chi connectivity index (χ1n) is 18.6. The molecule has 0 bridgehead atoms. The van der Waals surface area contributed by atoms with Gasteiger partial charge in [-0.2, -0.15) is 0 Å². The topological polar surface area (TPSA) is 3.24 Å². The zero-order chi connectivity index (χ0) is 34.5. The van der Waals surface area contributed by atoms with Crippen molar-refractivity contribution in [2.24, 2.45) is 0 Å². The molecular formula is C51H39N. The molecule has 3 aliphatic rings. The number of benzene rings is 7. The third-order valence-corrected chi connectivity index (χ3v) is 11.5. The molecule has 0 fully saturated rings. The van der Waals surface area contributed by atoms with Crippen molar-refractivity contribution in [2.75, 3.05) is 4.90 Å². The minimum atomic E-state index is -0.471. The smallest absolute Gasteiger partial charge is 0.0714 e. The molecule has 0 saturated heterocycles. The lowest BCUT2D eigenvalue weighted by Gasteiger charge is -2.35. The summed E-state index contributed by atoms with van der Waals surface area (Å²) in [5.74, 6) is 0.299. The summed E-state index contributed by atoms with van der Waals surface area (Å²) < 4.78 is 0. The maximum absolute atomic E-state index is 2.51. The lowest BCUT2D eigenvalue weighted by molar-refractivity contribution is 0.768. The van der Waals surface area contributed by atoms with Gasteiger partial charge in [0.2, 0.25) is 0 Å². The molecule has 1 unspecified atom stereocenters. The Hall–Kier alpha value is -6.18. The van der Waals surface area contributed by atoms with Crippen LogP contribution in [0, 0.1) is 0 Å². The van der Waals surface area contributed by atoms with Gasteiger partial charge >= 0.3 is 0 Å². The van der Waals surface area contributed by atoms with Gasteiger partial charge in [-0.1, -0.05) is 164 Å². The molecule has 7 aromatic rings. The SMILES string of the molecule is C1=CCC(c2ccccc2N(c2ccc3c(c2)C(c2ccccc2)(c2ccccc2)c2ccccc2-3)c2ccc3c4c(ccc3c2)CCC=C4)C=C1. The van der Waals surface area contributed by atoms with E-state index in [4.69, 9.17) is 0 Å². The van der Waals surface area contributed by atoms with Gasteiger partial charge in [-0.25, -0.2) is 0 Å². The fourth-order valence-electron chi connectivity index (χ4n) is 9.20. The van der Waals surface area contributed by atoms with E-state index in [2.05, 4.69) is 199 Å². The molecule has 0 saturated carbocycles. The summed E-state index contributed by atoms with van der Waals surface area (Å²) in [6.45, 7) is 0. The van der Waals surface area contributed by atoms with E-state index in [1.165, 1.54) is 66.5 Å². The highest BCUT2D eigenvalue weighted by atomic mass is 15.1. The average molecular weight is 666 g/mol. The Morgan fingerprint density at radius 1 is 0.558 bits per heavy atom. The first-order chi connectivity index (χ1) is 25.8. The molecule has 3 aliphatic carbocycles. The molecule has 52 heavy (non-hydrogen) atoms. The Labute approximate surface area is 306 Å². The molecule has 1 atom stereocenters. The van der Waals surface area contributed by atoms with Crippen molar-refractivity contribution < 1.29 is 0 Å². The van der Waals surface area contributed by atoms with E-state index in [0.29, 0.717) is 5.92 Å². The van der Waals surface area contributed by atoms with Crippen LogP contribution in [-0.4, -0.2) is 0 Å². The number of hydrogen-bond acceptors (Lipinski definition) is 1. The van der Waals surface area contributed by atoms with Crippen molar-refractivity contribution >= 4 is 33.9 Å². The van der Waals surface area contributed by atoms with Crippen LogP contribution in [0.2, 0.25) is 0 Å². The van der Waals surface area contributed by atoms with Crippen molar-refractivity contribution in [3.63, 3.8) is 0 Å². The van der Waals surface area contributed by atoms with Gasteiger partial charge in [0.25, 0.3) is 0 Å². The van der Waals surface area contributed by atoms with Crippen LogP contribution in [0.5, 0.6) is 0 Å². The number of hydrogen-bond donors (Lipinski definition) is 0. The van der Waals surface area contributed by atoms with E-state index in [0.717, 1.165) is 30.6 Å². The molecule has 10 rings (SSSR count). The number of rotatable bonds is 6. The number of nitrogens with zero attached hydrogens (tertiary/aromatic N) is 1. The zero-order valence-electron chi connectivity index (χ0n) is 29.1. The summed E-state index contributed by atoms with van der Waals surface area (Å²) in [6.07, 6.45) is 16.9. The Balaban J connectivity index is 1.24. The van der Waals surface area contributed by atoms with Crippen molar-refractivity contribution in [1.29, 1.82) is 0 Å². The van der Waals surface area contributed by atoms with Gasteiger partial charge < -0.3 is 4.90 Å². The maximum atomic E-state index is 2.51. The van der Waals surface area contributed by atoms with Crippen LogP contribution in [0.1, 0.15) is 57.7 Å². The molecule has 0 spiro atoms. The lowest BCUT2D eigenvalue weighted by atomic mass is 9.67. The molecule has 0 N–H and O–H groups in total. The van der Waals surface area contributed by atoms with E-state index >= 15 is 0 Å². The summed E-state index contributed by atoms with van der Waals surface area (Å²) in [5, 5.41) is 2.59. The molecule has 1 nitrogen and oxygen atoms in total. The van der Waals surface area contributed by atoms with Crippen LogP contribution in [-0.2, 0) is 11.8 Å². The Morgan fingerprint density at radius 2 is 1.27 bits per heavy atom. The summed E-state index contributed by atoms with van der Waals surface area (Å²) in [4.78, 5) is 2.51. The van der Waals surface area contributed by atoms with Crippen molar-refractivity contribution in [3.8, 4) is 11.1 Å². The van der Waals surface area contributed by atoms with E-state index in [1.807, 2.05) is 0 Å². The minimum absolute atomic E-state index is 0.299. The number of aryl methyl sites for hydroxylation is 1. The van der Waals surface area contributed by atoms with Gasteiger partial charge in [-0.3, -0.25) is 0 Å². The molecule has 0 heterocycles. The van der Waals surface area contributed by atoms with Crippen molar-refractivity contribution in [3.05, 3.63) is 227 Å². The van der Waals surface area contributed by atoms with Crippen LogP contribution >= 0.6 is 0 Å². The molecule has 248 valence electrons. The van der Waals surface area contributed by atoms with Crippen molar-refractivity contribution in [2.45, 2.75) is 30.6 Å². The largest absolute Gasteiger partial charge is 0.310 e. The molecule has 0 amide bonds. The van der Waals surface area contributed by atoms with E-state index < -0.39 is 5.41 Å². The standard InChI is InChI=1S/C51H39N/c1-4-16-36(17-5-1)45-24-13-15-27-50(45)52(41-30-32-44-38(34-41)29-28-37-18-10-11-23-43(37)44)42-31-33-47-46-25-12-14-26-48(46)51(49(47)35-42,39-19-6-2-7-20-39)40-21-8-3-9-22-40/h1-9,11-16,19-36H,10,17-18H2. The van der Waals surface area contributed by atoms with Crippen LogP contribution in [0.15, 0.2) is 188 Å². The first-order valence-corrected chi connectivity index (χ1v) is 18.6. The van der Waals surface area contributed by atoms with E-state index in [1.54, 1.807) is 0 Å². The first kappa shape index (κ1) is 30.6.